The number of carbonyl (C=O) groups is 2. The topological polar surface area (TPSA) is 90.9 Å². The molecule has 3 N–H and O–H groups in total. The van der Waals surface area contributed by atoms with E-state index in [4.69, 9.17) is 11.2 Å². The molecule has 234 valence electrons. The zero-order valence-corrected chi connectivity index (χ0v) is 25.6. The lowest BCUT2D eigenvalue weighted by Gasteiger charge is -2.26. The maximum Gasteiger partial charge on any atom is 0.254 e. The molecule has 0 spiro atoms. The number of benzene rings is 3. The minimum absolute atomic E-state index is 0. The quantitative estimate of drug-likeness (QED) is 0.259. The Balaban J connectivity index is 0.00000529. The van der Waals surface area contributed by atoms with E-state index in [9.17, 15) is 23.5 Å². The first kappa shape index (κ1) is 34.7. The number of aliphatic hydroxyl groups is 1. The van der Waals surface area contributed by atoms with Crippen molar-refractivity contribution in [1.82, 2.24) is 15.5 Å². The molecule has 44 heavy (non-hydrogen) atoms. The number of amides is 2. The van der Waals surface area contributed by atoms with Gasteiger partial charge in [-0.05, 0) is 85.3 Å². The zero-order valence-electron chi connectivity index (χ0n) is 24.8. The van der Waals surface area contributed by atoms with Gasteiger partial charge in [0.1, 0.15) is 11.6 Å². The van der Waals surface area contributed by atoms with E-state index in [1.54, 1.807) is 31.1 Å². The van der Waals surface area contributed by atoms with Crippen molar-refractivity contribution in [3.05, 3.63) is 106 Å². The third-order valence-electron chi connectivity index (χ3n) is 7.52. The second-order valence-corrected chi connectivity index (χ2v) is 10.9. The molecular weight excluding hydrogens is 588 g/mol. The highest BCUT2D eigenvalue weighted by Crippen LogP contribution is 2.22. The maximum absolute atomic E-state index is 14.0. The summed E-state index contributed by atoms with van der Waals surface area (Å²) in [4.78, 5) is 28.7. The van der Waals surface area contributed by atoms with Crippen LogP contribution >= 0.6 is 12.4 Å². The van der Waals surface area contributed by atoms with Crippen LogP contribution < -0.4 is 10.6 Å². The highest BCUT2D eigenvalue weighted by molar-refractivity contribution is 6.00. The summed E-state index contributed by atoms with van der Waals surface area (Å²) in [5.41, 5.74) is 3.27. The van der Waals surface area contributed by atoms with Gasteiger partial charge in [0, 0.05) is 49.5 Å². The molecule has 3 aromatic rings. The van der Waals surface area contributed by atoms with Gasteiger partial charge in [-0.1, -0.05) is 18.1 Å². The van der Waals surface area contributed by atoms with Crippen LogP contribution in [0, 0.1) is 30.9 Å². The maximum atomic E-state index is 14.0. The molecule has 0 aromatic heterocycles. The number of likely N-dealkylation sites (tertiary alicyclic amines) is 1. The summed E-state index contributed by atoms with van der Waals surface area (Å²) in [5, 5.41) is 17.1. The smallest absolute Gasteiger partial charge is 0.254 e. The molecule has 0 unspecified atom stereocenters. The second-order valence-electron chi connectivity index (χ2n) is 10.9. The Kier molecular flexibility index (Phi) is 12.9. The van der Waals surface area contributed by atoms with Crippen molar-refractivity contribution in [2.75, 3.05) is 26.8 Å². The average Bonchev–Trinajstić information content (AvgIpc) is 3.44. The van der Waals surface area contributed by atoms with Crippen LogP contribution in [0.1, 0.15) is 55.8 Å². The van der Waals surface area contributed by atoms with Crippen molar-refractivity contribution in [2.45, 2.75) is 50.9 Å². The third kappa shape index (κ3) is 9.34. The first-order valence-corrected chi connectivity index (χ1v) is 14.3. The summed E-state index contributed by atoms with van der Waals surface area (Å²) in [6, 6.07) is 14.5. The fourth-order valence-corrected chi connectivity index (χ4v) is 5.47. The van der Waals surface area contributed by atoms with E-state index in [2.05, 4.69) is 16.6 Å². The van der Waals surface area contributed by atoms with Gasteiger partial charge in [0.2, 0.25) is 0 Å². The number of methoxy groups -OCH3 is 1. The molecule has 0 aliphatic carbocycles. The van der Waals surface area contributed by atoms with Crippen molar-refractivity contribution in [3.63, 3.8) is 0 Å². The van der Waals surface area contributed by atoms with Gasteiger partial charge in [0.05, 0.1) is 24.8 Å². The first-order chi connectivity index (χ1) is 20.7. The molecule has 0 bridgehead atoms. The van der Waals surface area contributed by atoms with Gasteiger partial charge in [-0.25, -0.2) is 8.78 Å². The number of hydrogen-bond donors (Lipinski definition) is 3. The second kappa shape index (κ2) is 16.3. The van der Waals surface area contributed by atoms with Gasteiger partial charge in [0.25, 0.3) is 11.8 Å². The van der Waals surface area contributed by atoms with Crippen molar-refractivity contribution in [1.29, 1.82) is 0 Å². The van der Waals surface area contributed by atoms with Crippen molar-refractivity contribution in [2.24, 2.45) is 0 Å². The minimum atomic E-state index is -1.11. The molecule has 1 aliphatic rings. The van der Waals surface area contributed by atoms with Crippen LogP contribution in [0.25, 0.3) is 0 Å². The molecule has 1 heterocycles. The molecule has 2 amide bonds. The minimum Gasteiger partial charge on any atom is -0.390 e. The number of aliphatic hydroxyl groups excluding tert-OH is 1. The highest BCUT2D eigenvalue weighted by atomic mass is 35.5. The predicted molar refractivity (Wildman–Crippen MR) is 168 cm³/mol. The lowest BCUT2D eigenvalue weighted by Crippen LogP contribution is -2.48. The van der Waals surface area contributed by atoms with E-state index in [0.717, 1.165) is 35.6 Å². The van der Waals surface area contributed by atoms with Gasteiger partial charge in [0.15, 0.2) is 0 Å². The third-order valence-corrected chi connectivity index (χ3v) is 7.52. The van der Waals surface area contributed by atoms with Crippen molar-refractivity contribution in [3.8, 4) is 12.3 Å². The Morgan fingerprint density at radius 1 is 1.09 bits per heavy atom. The van der Waals surface area contributed by atoms with E-state index >= 15 is 0 Å². The van der Waals surface area contributed by atoms with Gasteiger partial charge in [-0.3, -0.25) is 9.59 Å². The number of carbonyl (C=O) groups excluding carboxylic acids is 2. The Morgan fingerprint density at radius 2 is 1.82 bits per heavy atom. The number of ether oxygens (including phenoxy) is 1. The largest absolute Gasteiger partial charge is 0.390 e. The molecule has 3 atom stereocenters. The van der Waals surface area contributed by atoms with E-state index < -0.39 is 29.7 Å². The highest BCUT2D eigenvalue weighted by Gasteiger charge is 2.30. The number of halogens is 3. The molecule has 1 saturated heterocycles. The molecule has 1 fully saturated rings. The molecule has 0 saturated carbocycles. The van der Waals surface area contributed by atoms with Crippen molar-refractivity contribution < 1.29 is 28.2 Å². The number of hydrogen-bond acceptors (Lipinski definition) is 5. The normalized spacial score (nSPS) is 15.6. The lowest BCUT2D eigenvalue weighted by atomic mass is 9.99. The van der Waals surface area contributed by atoms with Gasteiger partial charge < -0.3 is 25.4 Å². The molecule has 10 heteroatoms. The molecule has 3 aromatic carbocycles. The molecule has 1 aliphatic heterocycles. The van der Waals surface area contributed by atoms with E-state index in [-0.39, 0.29) is 48.4 Å². The molecule has 4 rings (SSSR count). The van der Waals surface area contributed by atoms with E-state index in [1.807, 2.05) is 24.3 Å². The Morgan fingerprint density at radius 3 is 2.52 bits per heavy atom. The summed E-state index contributed by atoms with van der Waals surface area (Å²) >= 11 is 0. The Bertz CT molecular complexity index is 1480. The average molecular weight is 626 g/mol. The molecular formula is C34H38ClF2N3O4. The summed E-state index contributed by atoms with van der Waals surface area (Å²) in [7, 11) is 1.60. The number of aryl methyl sites for hydroxylation is 1. The van der Waals surface area contributed by atoms with Crippen LogP contribution in [0.5, 0.6) is 0 Å². The zero-order chi connectivity index (χ0) is 30.9. The fraction of sp³-hybridized carbons (Fsp3) is 0.353. The molecule has 0 radical (unpaired) electrons. The van der Waals surface area contributed by atoms with Gasteiger partial charge in [-0.2, -0.15) is 0 Å². The summed E-state index contributed by atoms with van der Waals surface area (Å²) in [6.45, 7) is 3.34. The number of rotatable bonds is 12. The van der Waals surface area contributed by atoms with Gasteiger partial charge in [-0.15, -0.1) is 18.8 Å². The summed E-state index contributed by atoms with van der Waals surface area (Å²) < 4.78 is 33.2. The Labute approximate surface area is 263 Å². The van der Waals surface area contributed by atoms with Crippen LogP contribution in [-0.4, -0.2) is 66.8 Å². The molecule has 7 nitrogen and oxygen atoms in total. The fourth-order valence-electron chi connectivity index (χ4n) is 5.47. The van der Waals surface area contributed by atoms with Crippen LogP contribution in [-0.2, 0) is 17.7 Å². The van der Waals surface area contributed by atoms with Crippen LogP contribution in [0.15, 0.2) is 60.7 Å². The Hall–Kier alpha value is -3.81. The SMILES string of the molecule is C#Cc1cccc(CNC[C@@H](O)[C@H](Cc2cc(F)cc(F)c2)NC(=O)c2cc(C)cc(C(=O)N3CCC[C@@H]3COC)c2)c1.Cl. The van der Waals surface area contributed by atoms with Crippen LogP contribution in [0.3, 0.4) is 0 Å². The first-order valence-electron chi connectivity index (χ1n) is 14.3. The number of nitrogens with one attached hydrogen (secondary N) is 2. The van der Waals surface area contributed by atoms with Gasteiger partial charge >= 0.3 is 0 Å². The summed E-state index contributed by atoms with van der Waals surface area (Å²) in [6.07, 6.45) is 6.06. The predicted octanol–water partition coefficient (Wildman–Crippen LogP) is 4.42. The standard InChI is InChI=1S/C34H37F2N3O4.ClH/c1-4-23-7-5-8-24(13-23)19-37-20-32(40)31(16-25-14-28(35)18-29(36)15-25)38-33(41)26-11-22(2)12-27(17-26)34(42)39-10-6-9-30(39)21-43-3;/h1,5,7-8,11-15,17-18,30-32,37,40H,6,9-10,16,19-21H2,2-3H3,(H,38,41);1H/t30-,31+,32-;/m1./s1. The van der Waals surface area contributed by atoms with Crippen LogP contribution in [0.4, 0.5) is 8.78 Å². The summed E-state index contributed by atoms with van der Waals surface area (Å²) in [5.74, 6) is 0.378. The number of nitrogens with zero attached hydrogens (tertiary/aromatic N) is 1. The number of terminal acetylenes is 1. The monoisotopic (exact) mass is 625 g/mol. The van der Waals surface area contributed by atoms with E-state index in [0.29, 0.717) is 25.3 Å². The van der Waals surface area contributed by atoms with Crippen LogP contribution in [0.2, 0.25) is 0 Å². The van der Waals surface area contributed by atoms with Crippen molar-refractivity contribution >= 4 is 24.2 Å². The lowest BCUT2D eigenvalue weighted by molar-refractivity contribution is 0.0630. The van der Waals surface area contributed by atoms with E-state index in [1.165, 1.54) is 18.2 Å².